The molecule has 1 aliphatic carbocycles. The normalized spacial score (nSPS) is 15.3. The van der Waals surface area contributed by atoms with Gasteiger partial charge in [-0.1, -0.05) is 23.7 Å². The fourth-order valence-electron chi connectivity index (χ4n) is 3.82. The maximum absolute atomic E-state index is 12.9. The Labute approximate surface area is 203 Å². The number of aromatic nitrogens is 8. The molecular weight excluding hydrogens is 470 g/mol. The smallest absolute Gasteiger partial charge is 0.272 e. The summed E-state index contributed by atoms with van der Waals surface area (Å²) >= 11 is 6.39. The number of aromatic amines is 2. The Morgan fingerprint density at radius 1 is 1.20 bits per heavy atom. The van der Waals surface area contributed by atoms with E-state index >= 15 is 0 Å². The first-order valence-corrected chi connectivity index (χ1v) is 11.4. The fraction of sp³-hybridized carbons (Fsp3) is 0.261. The molecule has 0 unspecified atom stereocenters. The molecule has 11 nitrogen and oxygen atoms in total. The van der Waals surface area contributed by atoms with Crippen LogP contribution in [0.3, 0.4) is 0 Å². The Hall–Kier alpha value is -4.12. The SMILES string of the molecule is C[C@@H](NC(=O)c1ncnc(-c2ncc[nH]2)c1Cl)c1cc(-c2nc3nc(C4(C)CC4)ccc3[nH]2)no1. The van der Waals surface area contributed by atoms with Crippen LogP contribution in [0.5, 0.6) is 0 Å². The number of nitrogens with one attached hydrogen (secondary N) is 3. The van der Waals surface area contributed by atoms with E-state index in [0.717, 1.165) is 24.1 Å². The molecule has 35 heavy (non-hydrogen) atoms. The van der Waals surface area contributed by atoms with E-state index in [1.54, 1.807) is 25.4 Å². The van der Waals surface area contributed by atoms with E-state index in [1.165, 1.54) is 6.33 Å². The average Bonchev–Trinajstić information content (AvgIpc) is 3.32. The predicted octanol–water partition coefficient (Wildman–Crippen LogP) is 3.99. The van der Waals surface area contributed by atoms with Crippen LogP contribution in [0.2, 0.25) is 5.02 Å². The van der Waals surface area contributed by atoms with Gasteiger partial charge < -0.3 is 19.8 Å². The summed E-state index contributed by atoms with van der Waals surface area (Å²) in [5.41, 5.74) is 3.56. The summed E-state index contributed by atoms with van der Waals surface area (Å²) in [6.07, 6.45) is 6.76. The lowest BCUT2D eigenvalue weighted by Crippen LogP contribution is -2.27. The highest BCUT2D eigenvalue weighted by molar-refractivity contribution is 6.35. The van der Waals surface area contributed by atoms with Gasteiger partial charge >= 0.3 is 0 Å². The van der Waals surface area contributed by atoms with Crippen molar-refractivity contribution >= 4 is 28.7 Å². The van der Waals surface area contributed by atoms with Crippen LogP contribution in [0.4, 0.5) is 0 Å². The highest BCUT2D eigenvalue weighted by atomic mass is 35.5. The Morgan fingerprint density at radius 3 is 2.83 bits per heavy atom. The van der Waals surface area contributed by atoms with Crippen LogP contribution >= 0.6 is 11.6 Å². The summed E-state index contributed by atoms with van der Waals surface area (Å²) < 4.78 is 5.49. The van der Waals surface area contributed by atoms with Crippen LogP contribution in [0.15, 0.2) is 41.4 Å². The van der Waals surface area contributed by atoms with Gasteiger partial charge in [-0.2, -0.15) is 0 Å². The summed E-state index contributed by atoms with van der Waals surface area (Å²) in [5, 5.41) is 7.04. The van der Waals surface area contributed by atoms with Crippen molar-refractivity contribution in [2.45, 2.75) is 38.1 Å². The van der Waals surface area contributed by atoms with E-state index in [0.29, 0.717) is 34.4 Å². The topological polar surface area (TPSA) is 151 Å². The Balaban J connectivity index is 1.21. The molecule has 1 atom stereocenters. The second-order valence-electron chi connectivity index (χ2n) is 8.85. The third kappa shape index (κ3) is 3.83. The van der Waals surface area contributed by atoms with Gasteiger partial charge in [-0.25, -0.2) is 24.9 Å². The monoisotopic (exact) mass is 489 g/mol. The molecule has 1 fully saturated rings. The van der Waals surface area contributed by atoms with Crippen LogP contribution in [-0.2, 0) is 5.41 Å². The van der Waals surface area contributed by atoms with Crippen molar-refractivity contribution in [3.63, 3.8) is 0 Å². The quantitative estimate of drug-likeness (QED) is 0.324. The third-order valence-corrected chi connectivity index (χ3v) is 6.59. The van der Waals surface area contributed by atoms with Crippen LogP contribution in [-0.4, -0.2) is 46.0 Å². The molecule has 1 saturated carbocycles. The standard InChI is InChI=1S/C23H20ClN9O2/c1-11(29-22(34)18-16(24)17(27-10-28-18)21-25-7-8-26-21)14-9-13(33-35-14)20-30-12-3-4-15(23(2)5-6-23)31-19(12)32-20/h3-4,7-11H,5-6H2,1-2H3,(H,25,26)(H,29,34)(H,30,31,32)/t11-/m1/s1. The summed E-state index contributed by atoms with van der Waals surface area (Å²) in [6.45, 7) is 3.98. The molecule has 5 aromatic heterocycles. The van der Waals surface area contributed by atoms with Gasteiger partial charge in [0.2, 0.25) is 0 Å². The summed E-state index contributed by atoms with van der Waals surface area (Å²) in [7, 11) is 0. The van der Waals surface area contributed by atoms with Crippen LogP contribution in [0.25, 0.3) is 34.2 Å². The van der Waals surface area contributed by atoms with Gasteiger partial charge in [0.05, 0.1) is 11.6 Å². The molecule has 0 aliphatic heterocycles. The molecule has 0 saturated heterocycles. The number of fused-ring (bicyclic) bond motifs is 1. The Bertz CT molecular complexity index is 1550. The number of imidazole rings is 2. The van der Waals surface area contributed by atoms with Gasteiger partial charge in [0.15, 0.2) is 28.8 Å². The zero-order chi connectivity index (χ0) is 24.2. The van der Waals surface area contributed by atoms with Crippen molar-refractivity contribution in [2.24, 2.45) is 0 Å². The van der Waals surface area contributed by atoms with Crippen molar-refractivity contribution in [2.75, 3.05) is 0 Å². The molecule has 12 heteroatoms. The molecule has 6 rings (SSSR count). The number of rotatable bonds is 6. The minimum Gasteiger partial charge on any atom is -0.358 e. The van der Waals surface area contributed by atoms with E-state index in [4.69, 9.17) is 21.1 Å². The fourth-order valence-corrected chi connectivity index (χ4v) is 4.10. The zero-order valence-electron chi connectivity index (χ0n) is 18.8. The number of pyridine rings is 1. The van der Waals surface area contributed by atoms with Crippen molar-refractivity contribution in [1.29, 1.82) is 0 Å². The second kappa shape index (κ2) is 7.98. The van der Waals surface area contributed by atoms with Gasteiger partial charge in [0.25, 0.3) is 5.91 Å². The predicted molar refractivity (Wildman–Crippen MR) is 126 cm³/mol. The number of carbonyl (C=O) groups excluding carboxylic acids is 1. The lowest BCUT2D eigenvalue weighted by atomic mass is 10.1. The molecule has 1 aliphatic rings. The minimum absolute atomic E-state index is 0.0307. The van der Waals surface area contributed by atoms with E-state index in [9.17, 15) is 4.79 Å². The van der Waals surface area contributed by atoms with Gasteiger partial charge in [-0.05, 0) is 31.9 Å². The van der Waals surface area contributed by atoms with Crippen molar-refractivity contribution in [1.82, 2.24) is 45.4 Å². The zero-order valence-corrected chi connectivity index (χ0v) is 19.6. The summed E-state index contributed by atoms with van der Waals surface area (Å²) in [4.78, 5) is 40.6. The lowest BCUT2D eigenvalue weighted by molar-refractivity contribution is 0.0928. The Morgan fingerprint density at radius 2 is 2.06 bits per heavy atom. The highest BCUT2D eigenvalue weighted by Gasteiger charge is 2.40. The van der Waals surface area contributed by atoms with E-state index in [1.807, 2.05) is 12.1 Å². The number of nitrogens with zero attached hydrogens (tertiary/aromatic N) is 6. The number of hydrogen-bond donors (Lipinski definition) is 3. The molecule has 3 N–H and O–H groups in total. The molecule has 5 aromatic rings. The summed E-state index contributed by atoms with van der Waals surface area (Å²) in [6, 6.07) is 5.25. The number of amides is 1. The molecule has 176 valence electrons. The molecule has 0 radical (unpaired) electrons. The van der Waals surface area contributed by atoms with Crippen molar-refractivity contribution in [3.05, 3.63) is 59.1 Å². The van der Waals surface area contributed by atoms with Gasteiger partial charge in [0.1, 0.15) is 22.7 Å². The molecule has 0 spiro atoms. The van der Waals surface area contributed by atoms with Crippen LogP contribution in [0.1, 0.15) is 54.7 Å². The third-order valence-electron chi connectivity index (χ3n) is 6.24. The van der Waals surface area contributed by atoms with Gasteiger partial charge in [0, 0.05) is 29.6 Å². The average molecular weight is 490 g/mol. The van der Waals surface area contributed by atoms with E-state index < -0.39 is 11.9 Å². The maximum Gasteiger partial charge on any atom is 0.272 e. The van der Waals surface area contributed by atoms with Crippen molar-refractivity contribution < 1.29 is 9.32 Å². The van der Waals surface area contributed by atoms with Gasteiger partial charge in [-0.15, -0.1) is 0 Å². The molecule has 5 heterocycles. The molecular formula is C23H20ClN9O2. The second-order valence-corrected chi connectivity index (χ2v) is 9.22. The first-order valence-electron chi connectivity index (χ1n) is 11.1. The maximum atomic E-state index is 12.9. The summed E-state index contributed by atoms with van der Waals surface area (Å²) in [5.74, 6) is 0.952. The largest absolute Gasteiger partial charge is 0.358 e. The molecule has 0 bridgehead atoms. The first kappa shape index (κ1) is 21.4. The molecule has 0 aromatic carbocycles. The highest BCUT2D eigenvalue weighted by Crippen LogP contribution is 2.46. The lowest BCUT2D eigenvalue weighted by Gasteiger charge is -2.11. The van der Waals surface area contributed by atoms with Gasteiger partial charge in [-0.3, -0.25) is 4.79 Å². The minimum atomic E-state index is -0.509. The van der Waals surface area contributed by atoms with Crippen molar-refractivity contribution in [3.8, 4) is 23.0 Å². The Kier molecular flexibility index (Phi) is 4.88. The van der Waals surface area contributed by atoms with Crippen LogP contribution in [0, 0.1) is 0 Å². The first-order chi connectivity index (χ1) is 16.9. The number of halogens is 1. The van der Waals surface area contributed by atoms with Crippen LogP contribution < -0.4 is 5.32 Å². The van der Waals surface area contributed by atoms with E-state index in [-0.39, 0.29) is 16.1 Å². The van der Waals surface area contributed by atoms with E-state index in [2.05, 4.69) is 47.3 Å². The number of carbonyl (C=O) groups is 1. The number of hydrogen-bond acceptors (Lipinski definition) is 8. The molecule has 1 amide bonds. The number of H-pyrrole nitrogens is 2.